The first-order valence-corrected chi connectivity index (χ1v) is 17.3. The fourth-order valence-electron chi connectivity index (χ4n) is 5.35. The summed E-state index contributed by atoms with van der Waals surface area (Å²) >= 11 is 0. The zero-order valence-electron chi connectivity index (χ0n) is 31.7. The van der Waals surface area contributed by atoms with Gasteiger partial charge in [0.1, 0.15) is 11.6 Å². The molecule has 0 radical (unpaired) electrons. The van der Waals surface area contributed by atoms with Crippen molar-refractivity contribution in [2.75, 3.05) is 0 Å². The fourth-order valence-corrected chi connectivity index (χ4v) is 5.35. The molecule has 4 aromatic rings. The van der Waals surface area contributed by atoms with Gasteiger partial charge in [-0.25, -0.2) is 9.97 Å². The summed E-state index contributed by atoms with van der Waals surface area (Å²) in [6.45, 7) is 22.5. The predicted molar refractivity (Wildman–Crippen MR) is 199 cm³/mol. The van der Waals surface area contributed by atoms with E-state index in [9.17, 15) is 19.8 Å². The molecule has 0 fully saturated rings. The van der Waals surface area contributed by atoms with Crippen molar-refractivity contribution in [3.63, 3.8) is 0 Å². The van der Waals surface area contributed by atoms with Crippen LogP contribution in [0.5, 0.6) is 0 Å². The molecule has 0 aliphatic heterocycles. The lowest BCUT2D eigenvalue weighted by atomic mass is 9.82. The number of nitrogens with zero attached hydrogens (tertiary/aromatic N) is 2. The molecule has 4 rings (SSSR count). The number of benzene rings is 2. The Morgan fingerprint density at radius 1 is 0.560 bits per heavy atom. The maximum atomic E-state index is 13.1. The highest BCUT2D eigenvalue weighted by atomic mass is 16.3. The molecular formula is C40H56N6O4. The lowest BCUT2D eigenvalue weighted by Gasteiger charge is -2.34. The standard InChI is InChI=1S/C40H56N6O4/c1-23(47)39(9,10)35(49)45-31(37(3,4)5)33-41-21-29(43-33)27-17-13-25(14-18-27)26-15-19-28(20-16-26)30-22-42-34(44-30)32(38(6,7)8)46-36(50)40(11,12)24(2)48/h13-24,31-32,47-48H,1-12H3,(H,41,43)(H,42,44)(H,45,49)(H,46,50)/t23?,24?,31-,32-/m1/s1. The van der Waals surface area contributed by atoms with E-state index in [1.807, 2.05) is 65.8 Å². The average Bonchev–Trinajstić information content (AvgIpc) is 3.72. The summed E-state index contributed by atoms with van der Waals surface area (Å²) in [5, 5.41) is 26.5. The van der Waals surface area contributed by atoms with Gasteiger partial charge in [-0.1, -0.05) is 90.1 Å². The number of nitrogens with one attached hydrogen (secondary N) is 4. The third-order valence-corrected chi connectivity index (χ3v) is 10.0. The first-order valence-electron chi connectivity index (χ1n) is 17.3. The zero-order chi connectivity index (χ0) is 37.4. The van der Waals surface area contributed by atoms with Gasteiger partial charge < -0.3 is 30.8 Å². The van der Waals surface area contributed by atoms with Crippen LogP contribution in [-0.2, 0) is 9.59 Å². The molecule has 2 unspecified atom stereocenters. The Bertz CT molecular complexity index is 1640. The van der Waals surface area contributed by atoms with Crippen LogP contribution in [0.25, 0.3) is 33.6 Å². The van der Waals surface area contributed by atoms with Gasteiger partial charge in [0.05, 0.1) is 58.9 Å². The molecule has 2 amide bonds. The van der Waals surface area contributed by atoms with Gasteiger partial charge in [0.25, 0.3) is 0 Å². The van der Waals surface area contributed by atoms with Gasteiger partial charge in [-0.05, 0) is 74.6 Å². The number of carbonyl (C=O) groups is 2. The number of hydrogen-bond acceptors (Lipinski definition) is 6. The summed E-state index contributed by atoms with van der Waals surface area (Å²) in [5.74, 6) is 0.848. The van der Waals surface area contributed by atoms with Gasteiger partial charge in [-0.3, -0.25) is 9.59 Å². The Hall–Kier alpha value is -4.28. The molecule has 0 aliphatic carbocycles. The first-order chi connectivity index (χ1) is 23.0. The Kier molecular flexibility index (Phi) is 10.9. The Morgan fingerprint density at radius 3 is 1.10 bits per heavy atom. The number of aromatic amines is 2. The number of aromatic nitrogens is 4. The number of rotatable bonds is 11. The van der Waals surface area contributed by atoms with Gasteiger partial charge in [-0.15, -0.1) is 0 Å². The molecule has 10 heteroatoms. The summed E-state index contributed by atoms with van der Waals surface area (Å²) < 4.78 is 0. The van der Waals surface area contributed by atoms with Crippen molar-refractivity contribution in [1.82, 2.24) is 30.6 Å². The van der Waals surface area contributed by atoms with Gasteiger partial charge >= 0.3 is 0 Å². The first kappa shape index (κ1) is 38.5. The molecular weight excluding hydrogens is 628 g/mol. The van der Waals surface area contributed by atoms with Crippen LogP contribution in [0.4, 0.5) is 0 Å². The fraction of sp³-hybridized carbons (Fsp3) is 0.500. The van der Waals surface area contributed by atoms with Crippen LogP contribution in [0.3, 0.4) is 0 Å². The quantitative estimate of drug-likeness (QED) is 0.0970. The Morgan fingerprint density at radius 2 is 0.840 bits per heavy atom. The third kappa shape index (κ3) is 8.36. The molecule has 6 N–H and O–H groups in total. The number of aliphatic hydroxyl groups is 2. The molecule has 4 atom stereocenters. The highest BCUT2D eigenvalue weighted by molar-refractivity contribution is 5.83. The van der Waals surface area contributed by atoms with Gasteiger partial charge in [0.2, 0.25) is 11.8 Å². The van der Waals surface area contributed by atoms with Gasteiger partial charge in [-0.2, -0.15) is 0 Å². The molecule has 270 valence electrons. The van der Waals surface area contributed by atoms with Crippen LogP contribution >= 0.6 is 0 Å². The molecule has 0 saturated carbocycles. The molecule has 50 heavy (non-hydrogen) atoms. The van der Waals surface area contributed by atoms with E-state index < -0.39 is 23.0 Å². The van der Waals surface area contributed by atoms with E-state index in [2.05, 4.69) is 54.8 Å². The largest absolute Gasteiger partial charge is 0.392 e. The molecule has 0 saturated heterocycles. The van der Waals surface area contributed by atoms with Crippen molar-refractivity contribution < 1.29 is 19.8 Å². The molecule has 0 spiro atoms. The number of H-pyrrole nitrogens is 2. The Labute approximate surface area is 297 Å². The summed E-state index contributed by atoms with van der Waals surface area (Å²) in [7, 11) is 0. The lowest BCUT2D eigenvalue weighted by molar-refractivity contribution is -0.137. The topological polar surface area (TPSA) is 156 Å². The molecule has 0 bridgehead atoms. The highest BCUT2D eigenvalue weighted by Gasteiger charge is 2.39. The second-order valence-electron chi connectivity index (χ2n) is 16.9. The number of amides is 2. The smallest absolute Gasteiger partial charge is 0.228 e. The Balaban J connectivity index is 1.50. The minimum absolute atomic E-state index is 0.232. The van der Waals surface area contributed by atoms with Crippen molar-refractivity contribution in [3.8, 4) is 33.6 Å². The maximum absolute atomic E-state index is 13.1. The SMILES string of the molecule is CC(O)C(C)(C)C(=O)N[C@H](c1ncc(-c2ccc(-c3ccc(-c4cnc([C@@H](NC(=O)C(C)(C)C(C)O)C(C)(C)C)[nH]4)cc3)cc2)[nH]1)C(C)(C)C. The molecule has 10 nitrogen and oxygen atoms in total. The second-order valence-corrected chi connectivity index (χ2v) is 16.9. The van der Waals surface area contributed by atoms with Crippen molar-refractivity contribution in [2.24, 2.45) is 21.7 Å². The highest BCUT2D eigenvalue weighted by Crippen LogP contribution is 2.36. The van der Waals surface area contributed by atoms with Crippen molar-refractivity contribution in [2.45, 2.75) is 107 Å². The van der Waals surface area contributed by atoms with Crippen LogP contribution in [0, 0.1) is 21.7 Å². The molecule has 2 aromatic carbocycles. The van der Waals surface area contributed by atoms with Crippen molar-refractivity contribution in [1.29, 1.82) is 0 Å². The normalized spacial score (nSPS) is 15.2. The van der Waals surface area contributed by atoms with Crippen LogP contribution in [0.1, 0.15) is 107 Å². The van der Waals surface area contributed by atoms with E-state index in [1.54, 1.807) is 53.9 Å². The van der Waals surface area contributed by atoms with Crippen molar-refractivity contribution in [3.05, 3.63) is 72.6 Å². The predicted octanol–water partition coefficient (Wildman–Crippen LogP) is 7.35. The van der Waals surface area contributed by atoms with Crippen LogP contribution < -0.4 is 10.6 Å². The number of hydrogen-bond donors (Lipinski definition) is 6. The number of imidazole rings is 2. The molecule has 0 aliphatic rings. The van der Waals surface area contributed by atoms with E-state index >= 15 is 0 Å². The monoisotopic (exact) mass is 684 g/mol. The maximum Gasteiger partial charge on any atom is 0.228 e. The average molecular weight is 685 g/mol. The van der Waals surface area contributed by atoms with Gasteiger partial charge in [0, 0.05) is 0 Å². The zero-order valence-corrected chi connectivity index (χ0v) is 31.7. The minimum Gasteiger partial charge on any atom is -0.392 e. The molecule has 2 heterocycles. The summed E-state index contributed by atoms with van der Waals surface area (Å²) in [5.41, 5.74) is 3.19. The van der Waals surface area contributed by atoms with Crippen LogP contribution in [0.2, 0.25) is 0 Å². The van der Waals surface area contributed by atoms with E-state index in [4.69, 9.17) is 0 Å². The summed E-state index contributed by atoms with van der Waals surface area (Å²) in [6, 6.07) is 15.7. The summed E-state index contributed by atoms with van der Waals surface area (Å²) in [6.07, 6.45) is 1.97. The third-order valence-electron chi connectivity index (χ3n) is 10.0. The van der Waals surface area contributed by atoms with Crippen molar-refractivity contribution >= 4 is 11.8 Å². The van der Waals surface area contributed by atoms with Crippen LogP contribution in [-0.4, -0.2) is 54.2 Å². The van der Waals surface area contributed by atoms with Crippen LogP contribution in [0.15, 0.2) is 60.9 Å². The minimum atomic E-state index is -0.944. The van der Waals surface area contributed by atoms with E-state index in [1.165, 1.54) is 0 Å². The van der Waals surface area contributed by atoms with E-state index in [-0.39, 0.29) is 34.7 Å². The van der Waals surface area contributed by atoms with Gasteiger partial charge in [0.15, 0.2) is 0 Å². The lowest BCUT2D eigenvalue weighted by Crippen LogP contribution is -2.47. The summed E-state index contributed by atoms with van der Waals surface area (Å²) in [4.78, 5) is 42.3. The van der Waals surface area contributed by atoms with E-state index in [0.29, 0.717) is 11.6 Å². The number of aliphatic hydroxyl groups excluding tert-OH is 2. The second kappa shape index (κ2) is 14.2. The van der Waals surface area contributed by atoms with E-state index in [0.717, 1.165) is 33.6 Å². The number of carbonyl (C=O) groups excluding carboxylic acids is 2. The molecule has 2 aromatic heterocycles.